The number of thiazole rings is 1. The zero-order valence-corrected chi connectivity index (χ0v) is 15.9. The molecule has 0 spiro atoms. The number of hydrogen-bond acceptors (Lipinski definition) is 5. The maximum Gasteiger partial charge on any atom is 0.341 e. The Morgan fingerprint density at radius 2 is 2.23 bits per heavy atom. The van der Waals surface area contributed by atoms with Crippen LogP contribution in [0.2, 0.25) is 0 Å². The fourth-order valence-electron chi connectivity index (χ4n) is 3.79. The number of fused-ring (bicyclic) bond motifs is 1. The number of rotatable bonds is 4. The molecule has 1 fully saturated rings. The van der Waals surface area contributed by atoms with Crippen molar-refractivity contribution in [3.63, 3.8) is 0 Å². The van der Waals surface area contributed by atoms with E-state index in [1.807, 2.05) is 19.1 Å². The lowest BCUT2D eigenvalue weighted by Crippen LogP contribution is -3.11. The van der Waals surface area contributed by atoms with E-state index in [9.17, 15) is 4.79 Å². The largest absolute Gasteiger partial charge is 0.465 e. The van der Waals surface area contributed by atoms with Crippen LogP contribution in [-0.4, -0.2) is 24.6 Å². The number of esters is 1. The number of nitrogens with one attached hydrogen (secondary N) is 1. The summed E-state index contributed by atoms with van der Waals surface area (Å²) in [6.07, 6.45) is 3.58. The second-order valence-corrected chi connectivity index (χ2v) is 7.89. The fraction of sp³-hybridized carbons (Fsp3) is 0.400. The number of furan rings is 1. The van der Waals surface area contributed by atoms with Crippen LogP contribution < -0.4 is 4.90 Å². The van der Waals surface area contributed by atoms with Crippen LogP contribution in [0.15, 0.2) is 34.7 Å². The van der Waals surface area contributed by atoms with Gasteiger partial charge < -0.3 is 14.1 Å². The number of aromatic nitrogens is 1. The van der Waals surface area contributed by atoms with Gasteiger partial charge in [0.1, 0.15) is 23.9 Å². The van der Waals surface area contributed by atoms with Gasteiger partial charge in [-0.3, -0.25) is 0 Å². The van der Waals surface area contributed by atoms with E-state index in [2.05, 4.69) is 18.2 Å². The number of aryl methyl sites for hydroxylation is 1. The molecule has 2 aromatic heterocycles. The first-order chi connectivity index (χ1) is 12.7. The maximum atomic E-state index is 11.8. The molecule has 0 bridgehead atoms. The highest BCUT2D eigenvalue weighted by Crippen LogP contribution is 2.29. The number of carbonyl (C=O) groups excluding carboxylic acids is 1. The minimum absolute atomic E-state index is 0.339. The smallest absolute Gasteiger partial charge is 0.341 e. The van der Waals surface area contributed by atoms with E-state index in [-0.39, 0.29) is 5.97 Å². The lowest BCUT2D eigenvalue weighted by atomic mass is 10.0. The molecule has 0 amide bonds. The number of hydrogen-bond donors (Lipinski definition) is 1. The van der Waals surface area contributed by atoms with E-state index in [4.69, 9.17) is 14.1 Å². The van der Waals surface area contributed by atoms with Crippen molar-refractivity contribution in [2.24, 2.45) is 0 Å². The third-order valence-electron chi connectivity index (χ3n) is 5.12. The second-order valence-electron chi connectivity index (χ2n) is 6.83. The highest BCUT2D eigenvalue weighted by molar-refractivity contribution is 7.18. The Bertz CT molecular complexity index is 897. The van der Waals surface area contributed by atoms with Crippen molar-refractivity contribution in [3.8, 4) is 0 Å². The zero-order chi connectivity index (χ0) is 18.1. The molecule has 1 saturated heterocycles. The number of para-hydroxylation sites is 1. The standard InChI is InChI=1S/C20H22N2O3S/c1-13-15(20(23)24-2)11-14(25-13)12-22-10-6-5-8-17(22)19-21-16-7-3-4-9-18(16)26-19/h3-4,7,9,11,17H,5-6,8,10,12H2,1-2H3/p+1/t17-/m1/s1. The number of nitrogens with zero attached hydrogens (tertiary/aromatic N) is 1. The molecule has 4 rings (SSSR count). The van der Waals surface area contributed by atoms with Crippen LogP contribution in [-0.2, 0) is 11.3 Å². The number of likely N-dealkylation sites (tertiary alicyclic amines) is 1. The summed E-state index contributed by atoms with van der Waals surface area (Å²) in [7, 11) is 1.40. The summed E-state index contributed by atoms with van der Waals surface area (Å²) in [5.74, 6) is 1.12. The van der Waals surface area contributed by atoms with Crippen molar-refractivity contribution in [2.75, 3.05) is 13.7 Å². The topological polar surface area (TPSA) is 56.8 Å². The van der Waals surface area contributed by atoms with Gasteiger partial charge in [-0.2, -0.15) is 0 Å². The molecule has 3 aromatic rings. The van der Waals surface area contributed by atoms with Crippen LogP contribution in [0.3, 0.4) is 0 Å². The van der Waals surface area contributed by atoms with E-state index in [0.29, 0.717) is 17.4 Å². The Kier molecular flexibility index (Phi) is 4.78. The average Bonchev–Trinajstić information content (AvgIpc) is 3.24. The molecular weight excluding hydrogens is 348 g/mol. The molecule has 1 unspecified atom stereocenters. The minimum atomic E-state index is -0.339. The number of benzene rings is 1. The Labute approximate surface area is 156 Å². The normalized spacial score (nSPS) is 20.4. The molecule has 6 heteroatoms. The summed E-state index contributed by atoms with van der Waals surface area (Å²) < 4.78 is 11.9. The molecule has 3 heterocycles. The molecule has 1 aliphatic heterocycles. The third kappa shape index (κ3) is 3.27. The van der Waals surface area contributed by atoms with Crippen molar-refractivity contribution < 1.29 is 18.8 Å². The Hall–Kier alpha value is -2.18. The van der Waals surface area contributed by atoms with Crippen molar-refractivity contribution in [1.29, 1.82) is 0 Å². The monoisotopic (exact) mass is 371 g/mol. The molecule has 1 aromatic carbocycles. The molecule has 136 valence electrons. The van der Waals surface area contributed by atoms with E-state index in [1.165, 1.54) is 34.6 Å². The summed E-state index contributed by atoms with van der Waals surface area (Å²) in [6, 6.07) is 10.5. The predicted octanol–water partition coefficient (Wildman–Crippen LogP) is 3.29. The van der Waals surface area contributed by atoms with Gasteiger partial charge in [-0.25, -0.2) is 9.78 Å². The summed E-state index contributed by atoms with van der Waals surface area (Å²) in [6.45, 7) is 3.67. The van der Waals surface area contributed by atoms with Gasteiger partial charge in [0.15, 0.2) is 10.8 Å². The zero-order valence-electron chi connectivity index (χ0n) is 15.1. The SMILES string of the molecule is COC(=O)c1cc(C[NH+]2CCCC[C@@H]2c2nc3ccccc3s2)oc1C. The number of piperidine rings is 1. The first-order valence-corrected chi connectivity index (χ1v) is 9.85. The van der Waals surface area contributed by atoms with Gasteiger partial charge in [0, 0.05) is 12.5 Å². The van der Waals surface area contributed by atoms with Crippen LogP contribution in [0.1, 0.15) is 52.2 Å². The van der Waals surface area contributed by atoms with Gasteiger partial charge in [0.2, 0.25) is 0 Å². The van der Waals surface area contributed by atoms with E-state index < -0.39 is 0 Å². The molecular formula is C20H23N2O3S+. The molecule has 1 aliphatic rings. The highest BCUT2D eigenvalue weighted by atomic mass is 32.1. The highest BCUT2D eigenvalue weighted by Gasteiger charge is 2.31. The van der Waals surface area contributed by atoms with Gasteiger partial charge in [-0.1, -0.05) is 12.1 Å². The average molecular weight is 371 g/mol. The van der Waals surface area contributed by atoms with Crippen molar-refractivity contribution in [3.05, 3.63) is 52.4 Å². The molecule has 0 radical (unpaired) electrons. The van der Waals surface area contributed by atoms with Crippen molar-refractivity contribution >= 4 is 27.5 Å². The summed E-state index contributed by atoms with van der Waals surface area (Å²) in [4.78, 5) is 18.2. The van der Waals surface area contributed by atoms with Gasteiger partial charge in [-0.15, -0.1) is 11.3 Å². The Morgan fingerprint density at radius 1 is 1.38 bits per heavy atom. The number of carbonyl (C=O) groups is 1. The van der Waals surface area contributed by atoms with Gasteiger partial charge in [-0.05, 0) is 31.9 Å². The van der Waals surface area contributed by atoms with Crippen LogP contribution in [0, 0.1) is 6.92 Å². The third-order valence-corrected chi connectivity index (χ3v) is 6.27. The lowest BCUT2D eigenvalue weighted by Gasteiger charge is -2.30. The summed E-state index contributed by atoms with van der Waals surface area (Å²) in [5.41, 5.74) is 1.61. The predicted molar refractivity (Wildman–Crippen MR) is 101 cm³/mol. The molecule has 5 nitrogen and oxygen atoms in total. The molecule has 2 atom stereocenters. The van der Waals surface area contributed by atoms with E-state index in [1.54, 1.807) is 11.3 Å². The van der Waals surface area contributed by atoms with Gasteiger partial charge >= 0.3 is 5.97 Å². The molecule has 1 N–H and O–H groups in total. The Balaban J connectivity index is 1.59. The molecule has 0 aliphatic carbocycles. The molecule has 0 saturated carbocycles. The van der Waals surface area contributed by atoms with Crippen LogP contribution >= 0.6 is 11.3 Å². The van der Waals surface area contributed by atoms with Crippen LogP contribution in [0.5, 0.6) is 0 Å². The van der Waals surface area contributed by atoms with Crippen molar-refractivity contribution in [1.82, 2.24) is 4.98 Å². The van der Waals surface area contributed by atoms with Gasteiger partial charge in [0.25, 0.3) is 0 Å². The first-order valence-electron chi connectivity index (χ1n) is 9.03. The number of quaternary nitrogens is 1. The van der Waals surface area contributed by atoms with Gasteiger partial charge in [0.05, 0.1) is 23.9 Å². The maximum absolute atomic E-state index is 11.8. The summed E-state index contributed by atoms with van der Waals surface area (Å²) >= 11 is 1.80. The molecule has 26 heavy (non-hydrogen) atoms. The first kappa shape index (κ1) is 17.2. The van der Waals surface area contributed by atoms with Crippen LogP contribution in [0.25, 0.3) is 10.2 Å². The van der Waals surface area contributed by atoms with E-state index >= 15 is 0 Å². The second kappa shape index (κ2) is 7.21. The van der Waals surface area contributed by atoms with Crippen LogP contribution in [0.4, 0.5) is 0 Å². The fourth-order valence-corrected chi connectivity index (χ4v) is 4.96. The van der Waals surface area contributed by atoms with Crippen molar-refractivity contribution in [2.45, 2.75) is 38.8 Å². The van der Waals surface area contributed by atoms with E-state index in [0.717, 1.165) is 30.8 Å². The lowest BCUT2D eigenvalue weighted by molar-refractivity contribution is -0.951. The number of methoxy groups -OCH3 is 1. The quantitative estimate of drug-likeness (QED) is 0.715. The Morgan fingerprint density at radius 3 is 3.04 bits per heavy atom. The summed E-state index contributed by atoms with van der Waals surface area (Å²) in [5, 5.41) is 1.21. The minimum Gasteiger partial charge on any atom is -0.465 e. The number of ether oxygens (including phenoxy) is 1.